The molecule has 0 spiro atoms. The summed E-state index contributed by atoms with van der Waals surface area (Å²) < 4.78 is 13.7. The van der Waals surface area contributed by atoms with Gasteiger partial charge >= 0.3 is 0 Å². The van der Waals surface area contributed by atoms with E-state index in [9.17, 15) is 9.18 Å². The number of anilines is 1. The van der Waals surface area contributed by atoms with Crippen molar-refractivity contribution in [3.63, 3.8) is 0 Å². The SMILES string of the molecule is O=C(C[C@H]1C[C@H]2CC[C@H]1C2)Nc1nnc(SCc2ccc(F)cc2)s1. The fraction of sp³-hybridized carbons (Fsp3) is 0.500. The molecule has 0 radical (unpaired) electrons. The van der Waals surface area contributed by atoms with Gasteiger partial charge in [-0.2, -0.15) is 0 Å². The highest BCUT2D eigenvalue weighted by molar-refractivity contribution is 8.00. The minimum atomic E-state index is -0.231. The van der Waals surface area contributed by atoms with Crippen molar-refractivity contribution in [3.05, 3.63) is 35.6 Å². The van der Waals surface area contributed by atoms with Gasteiger partial charge in [-0.3, -0.25) is 4.79 Å². The molecule has 0 unspecified atom stereocenters. The number of aromatic nitrogens is 2. The van der Waals surface area contributed by atoms with Gasteiger partial charge < -0.3 is 5.32 Å². The molecule has 132 valence electrons. The summed E-state index contributed by atoms with van der Waals surface area (Å²) in [7, 11) is 0. The summed E-state index contributed by atoms with van der Waals surface area (Å²) in [4.78, 5) is 12.3. The van der Waals surface area contributed by atoms with Crippen LogP contribution in [0.3, 0.4) is 0 Å². The molecule has 2 bridgehead atoms. The van der Waals surface area contributed by atoms with Crippen molar-refractivity contribution < 1.29 is 9.18 Å². The molecule has 1 amide bonds. The van der Waals surface area contributed by atoms with Crippen molar-refractivity contribution >= 4 is 34.1 Å². The predicted molar refractivity (Wildman–Crippen MR) is 98.1 cm³/mol. The van der Waals surface area contributed by atoms with Crippen LogP contribution in [0.4, 0.5) is 9.52 Å². The Kier molecular flexibility index (Phi) is 5.03. The van der Waals surface area contributed by atoms with Gasteiger partial charge in [0.2, 0.25) is 11.0 Å². The highest BCUT2D eigenvalue weighted by atomic mass is 32.2. The van der Waals surface area contributed by atoms with Crippen LogP contribution in [-0.2, 0) is 10.5 Å². The molecule has 2 saturated carbocycles. The van der Waals surface area contributed by atoms with Crippen molar-refractivity contribution in [3.8, 4) is 0 Å². The largest absolute Gasteiger partial charge is 0.300 e. The first-order chi connectivity index (χ1) is 12.2. The van der Waals surface area contributed by atoms with Crippen molar-refractivity contribution in [1.82, 2.24) is 10.2 Å². The van der Waals surface area contributed by atoms with Crippen LogP contribution in [0.5, 0.6) is 0 Å². The maximum absolute atomic E-state index is 12.9. The standard InChI is InChI=1S/C18H20FN3OS2/c19-15-5-2-11(3-6-15)10-24-18-22-21-17(25-18)20-16(23)9-14-8-12-1-4-13(14)7-12/h2-3,5-6,12-14H,1,4,7-10H2,(H,20,21,23)/t12-,13-,14+/m0/s1. The third-order valence-electron chi connectivity index (χ3n) is 5.26. The van der Waals surface area contributed by atoms with E-state index in [4.69, 9.17) is 0 Å². The van der Waals surface area contributed by atoms with E-state index in [-0.39, 0.29) is 11.7 Å². The van der Waals surface area contributed by atoms with Gasteiger partial charge in [0.05, 0.1) is 0 Å². The van der Waals surface area contributed by atoms with Crippen LogP contribution in [-0.4, -0.2) is 16.1 Å². The van der Waals surface area contributed by atoms with E-state index >= 15 is 0 Å². The van der Waals surface area contributed by atoms with Gasteiger partial charge in [0, 0.05) is 12.2 Å². The van der Waals surface area contributed by atoms with Gasteiger partial charge in [0.25, 0.3) is 0 Å². The highest BCUT2D eigenvalue weighted by Crippen LogP contribution is 2.49. The number of nitrogens with one attached hydrogen (secondary N) is 1. The molecule has 1 aromatic carbocycles. The molecule has 2 fully saturated rings. The maximum Gasteiger partial charge on any atom is 0.226 e. The van der Waals surface area contributed by atoms with Crippen molar-refractivity contribution in [1.29, 1.82) is 0 Å². The lowest BCUT2D eigenvalue weighted by Crippen LogP contribution is -2.20. The summed E-state index contributed by atoms with van der Waals surface area (Å²) in [6, 6.07) is 6.44. The molecule has 1 aromatic heterocycles. The molecule has 7 heteroatoms. The van der Waals surface area contributed by atoms with E-state index in [0.29, 0.717) is 23.2 Å². The fourth-order valence-electron chi connectivity index (χ4n) is 4.08. The molecule has 4 rings (SSSR count). The number of thioether (sulfide) groups is 1. The number of fused-ring (bicyclic) bond motifs is 2. The Morgan fingerprint density at radius 2 is 2.08 bits per heavy atom. The lowest BCUT2D eigenvalue weighted by molar-refractivity contribution is -0.117. The number of halogens is 1. The van der Waals surface area contributed by atoms with Crippen LogP contribution in [0.25, 0.3) is 0 Å². The summed E-state index contributed by atoms with van der Waals surface area (Å²) >= 11 is 2.93. The average Bonchev–Trinajstić information content (AvgIpc) is 3.31. The zero-order chi connectivity index (χ0) is 17.2. The third-order valence-corrected chi connectivity index (χ3v) is 7.30. The Labute approximate surface area is 154 Å². The van der Waals surface area contributed by atoms with Gasteiger partial charge in [0.1, 0.15) is 5.82 Å². The Morgan fingerprint density at radius 3 is 2.80 bits per heavy atom. The zero-order valence-electron chi connectivity index (χ0n) is 13.8. The molecule has 2 aromatic rings. The molecular weight excluding hydrogens is 357 g/mol. The number of rotatable bonds is 6. The summed E-state index contributed by atoms with van der Waals surface area (Å²) in [5.41, 5.74) is 1.03. The van der Waals surface area contributed by atoms with Crippen molar-refractivity contribution in [2.24, 2.45) is 17.8 Å². The molecule has 1 heterocycles. The number of amides is 1. The van der Waals surface area contributed by atoms with E-state index in [1.807, 2.05) is 0 Å². The Balaban J connectivity index is 1.26. The molecule has 3 atom stereocenters. The minimum absolute atomic E-state index is 0.0591. The number of hydrogen-bond donors (Lipinski definition) is 1. The zero-order valence-corrected chi connectivity index (χ0v) is 15.4. The van der Waals surface area contributed by atoms with Crippen LogP contribution in [0, 0.1) is 23.6 Å². The third kappa shape index (κ3) is 4.20. The van der Waals surface area contributed by atoms with Gasteiger partial charge in [-0.25, -0.2) is 4.39 Å². The quantitative estimate of drug-likeness (QED) is 0.584. The summed E-state index contributed by atoms with van der Waals surface area (Å²) in [5, 5.41) is 11.6. The molecule has 4 nitrogen and oxygen atoms in total. The molecule has 0 aliphatic heterocycles. The van der Waals surface area contributed by atoms with Crippen LogP contribution < -0.4 is 5.32 Å². The second-order valence-electron chi connectivity index (χ2n) is 6.98. The van der Waals surface area contributed by atoms with E-state index in [2.05, 4.69) is 15.5 Å². The van der Waals surface area contributed by atoms with Crippen LogP contribution >= 0.6 is 23.1 Å². The van der Waals surface area contributed by atoms with Crippen LogP contribution in [0.15, 0.2) is 28.6 Å². The minimum Gasteiger partial charge on any atom is -0.300 e. The number of carbonyl (C=O) groups excluding carboxylic acids is 1. The van der Waals surface area contributed by atoms with E-state index in [1.165, 1.54) is 49.2 Å². The normalized spacial score (nSPS) is 24.6. The molecule has 1 N–H and O–H groups in total. The molecule has 2 aliphatic carbocycles. The van der Waals surface area contributed by atoms with Gasteiger partial charge in [-0.1, -0.05) is 41.7 Å². The lowest BCUT2D eigenvalue weighted by atomic mass is 9.86. The summed E-state index contributed by atoms with van der Waals surface area (Å²) in [6.45, 7) is 0. The van der Waals surface area contributed by atoms with E-state index < -0.39 is 0 Å². The number of benzene rings is 1. The monoisotopic (exact) mass is 377 g/mol. The Bertz CT molecular complexity index is 749. The maximum atomic E-state index is 12.9. The lowest BCUT2D eigenvalue weighted by Gasteiger charge is -2.20. The summed E-state index contributed by atoms with van der Waals surface area (Å²) in [6.07, 6.45) is 5.80. The number of carbonyl (C=O) groups is 1. The second kappa shape index (κ2) is 7.41. The van der Waals surface area contributed by atoms with Gasteiger partial charge in [0.15, 0.2) is 4.34 Å². The van der Waals surface area contributed by atoms with E-state index in [1.54, 1.807) is 23.9 Å². The van der Waals surface area contributed by atoms with Gasteiger partial charge in [-0.15, -0.1) is 10.2 Å². The summed E-state index contributed by atoms with van der Waals surface area (Å²) in [5.74, 6) is 2.70. The predicted octanol–water partition coefficient (Wildman–Crippen LogP) is 4.73. The Hall–Kier alpha value is -1.47. The number of hydrogen-bond acceptors (Lipinski definition) is 5. The fourth-order valence-corrected chi connectivity index (χ4v) is 5.80. The average molecular weight is 378 g/mol. The van der Waals surface area contributed by atoms with Crippen LogP contribution in [0.1, 0.15) is 37.7 Å². The molecule has 25 heavy (non-hydrogen) atoms. The van der Waals surface area contributed by atoms with Crippen LogP contribution in [0.2, 0.25) is 0 Å². The smallest absolute Gasteiger partial charge is 0.226 e. The first-order valence-electron chi connectivity index (χ1n) is 8.66. The molecular formula is C18H20FN3OS2. The van der Waals surface area contributed by atoms with Crippen molar-refractivity contribution in [2.45, 2.75) is 42.2 Å². The highest BCUT2D eigenvalue weighted by Gasteiger charge is 2.40. The second-order valence-corrected chi connectivity index (χ2v) is 9.18. The molecule has 0 saturated heterocycles. The van der Waals surface area contributed by atoms with Crippen molar-refractivity contribution in [2.75, 3.05) is 5.32 Å². The van der Waals surface area contributed by atoms with E-state index in [0.717, 1.165) is 21.7 Å². The first-order valence-corrected chi connectivity index (χ1v) is 10.5. The first kappa shape index (κ1) is 17.0. The topological polar surface area (TPSA) is 54.9 Å². The molecule has 2 aliphatic rings. The van der Waals surface area contributed by atoms with Gasteiger partial charge in [-0.05, 0) is 54.7 Å². The number of nitrogens with zero attached hydrogens (tertiary/aromatic N) is 2. The Morgan fingerprint density at radius 1 is 1.24 bits per heavy atom.